The molecule has 1 atom stereocenters. The van der Waals surface area contributed by atoms with E-state index in [4.69, 9.17) is 0 Å². The molecule has 2 aromatic rings. The van der Waals surface area contributed by atoms with E-state index in [1.165, 1.54) is 18.2 Å². The predicted octanol–water partition coefficient (Wildman–Crippen LogP) is 3.13. The highest BCUT2D eigenvalue weighted by Crippen LogP contribution is 2.24. The molecule has 5 heteroatoms. The van der Waals surface area contributed by atoms with Gasteiger partial charge in [0.25, 0.3) is 0 Å². The van der Waals surface area contributed by atoms with Crippen molar-refractivity contribution in [3.8, 4) is 0 Å². The van der Waals surface area contributed by atoms with Gasteiger partial charge in [-0.2, -0.15) is 0 Å². The number of hydrogen-bond acceptors (Lipinski definition) is 2. The molecule has 3 nitrogen and oxygen atoms in total. The largest absolute Gasteiger partial charge is 0.334 e. The number of imidazole rings is 1. The molecule has 21 heavy (non-hydrogen) atoms. The smallest absolute Gasteiger partial charge is 0.130 e. The van der Waals surface area contributed by atoms with Crippen LogP contribution in [-0.2, 0) is 13.1 Å². The fraction of sp³-hybridized carbons (Fsp3) is 0.438. The summed E-state index contributed by atoms with van der Waals surface area (Å²) in [5, 5.41) is 0. The third kappa shape index (κ3) is 2.97. The van der Waals surface area contributed by atoms with Crippen LogP contribution in [0.1, 0.15) is 24.2 Å². The summed E-state index contributed by atoms with van der Waals surface area (Å²) in [5.74, 6) is 0.0536. The number of halogens is 2. The summed E-state index contributed by atoms with van der Waals surface area (Å²) in [6.07, 6.45) is 5.85. The van der Waals surface area contributed by atoms with Crippen LogP contribution >= 0.6 is 0 Å². The lowest BCUT2D eigenvalue weighted by atomic mass is 10.1. The maximum absolute atomic E-state index is 13.8. The number of rotatable bonds is 4. The summed E-state index contributed by atoms with van der Waals surface area (Å²) in [4.78, 5) is 6.39. The molecule has 3 rings (SSSR count). The Morgan fingerprint density at radius 1 is 1.29 bits per heavy atom. The van der Waals surface area contributed by atoms with Crippen LogP contribution in [0, 0.1) is 18.6 Å². The van der Waals surface area contributed by atoms with Crippen LogP contribution in [-0.4, -0.2) is 27.0 Å². The van der Waals surface area contributed by atoms with Crippen LogP contribution < -0.4 is 0 Å². The average molecular weight is 291 g/mol. The minimum atomic E-state index is -0.459. The first kappa shape index (κ1) is 14.2. The highest BCUT2D eigenvalue weighted by atomic mass is 19.1. The van der Waals surface area contributed by atoms with Crippen LogP contribution in [0.25, 0.3) is 0 Å². The molecule has 1 aliphatic heterocycles. The molecule has 1 aromatic carbocycles. The van der Waals surface area contributed by atoms with Gasteiger partial charge in [0.05, 0.1) is 0 Å². The number of nitrogens with zero attached hydrogens (tertiary/aromatic N) is 3. The number of aromatic nitrogens is 2. The molecule has 0 saturated carbocycles. The molecule has 0 bridgehead atoms. The van der Waals surface area contributed by atoms with Gasteiger partial charge in [-0.3, -0.25) is 4.90 Å². The minimum Gasteiger partial charge on any atom is -0.334 e. The Morgan fingerprint density at radius 3 is 2.71 bits per heavy atom. The van der Waals surface area contributed by atoms with E-state index < -0.39 is 11.6 Å². The van der Waals surface area contributed by atoms with Crippen molar-refractivity contribution in [2.75, 3.05) is 6.54 Å². The topological polar surface area (TPSA) is 21.1 Å². The van der Waals surface area contributed by atoms with Gasteiger partial charge >= 0.3 is 0 Å². The van der Waals surface area contributed by atoms with Crippen molar-refractivity contribution in [1.82, 2.24) is 14.5 Å². The van der Waals surface area contributed by atoms with Gasteiger partial charge < -0.3 is 4.57 Å². The number of likely N-dealkylation sites (tertiary alicyclic amines) is 1. The molecular formula is C16H19F2N3. The predicted molar refractivity (Wildman–Crippen MR) is 76.8 cm³/mol. The van der Waals surface area contributed by atoms with Crippen molar-refractivity contribution in [2.45, 2.75) is 38.9 Å². The van der Waals surface area contributed by atoms with Gasteiger partial charge in [0, 0.05) is 37.1 Å². The highest BCUT2D eigenvalue weighted by Gasteiger charge is 2.26. The Balaban J connectivity index is 1.74. The molecule has 0 aliphatic carbocycles. The fourth-order valence-corrected chi connectivity index (χ4v) is 3.02. The molecule has 0 N–H and O–H groups in total. The summed E-state index contributed by atoms with van der Waals surface area (Å²) in [5.41, 5.74) is 0.173. The van der Waals surface area contributed by atoms with Crippen molar-refractivity contribution in [3.63, 3.8) is 0 Å². The number of benzene rings is 1. The van der Waals surface area contributed by atoms with Crippen LogP contribution in [0.3, 0.4) is 0 Å². The average Bonchev–Trinajstić information content (AvgIpc) is 3.05. The van der Waals surface area contributed by atoms with Crippen LogP contribution in [0.5, 0.6) is 0 Å². The second-order valence-corrected chi connectivity index (χ2v) is 5.59. The molecular weight excluding hydrogens is 272 g/mol. The molecule has 1 unspecified atom stereocenters. The van der Waals surface area contributed by atoms with Gasteiger partial charge in [-0.15, -0.1) is 0 Å². The number of aryl methyl sites for hydroxylation is 1. The van der Waals surface area contributed by atoms with Gasteiger partial charge in [-0.25, -0.2) is 13.8 Å². The van der Waals surface area contributed by atoms with Crippen molar-refractivity contribution in [1.29, 1.82) is 0 Å². The Kier molecular flexibility index (Phi) is 4.01. The lowest BCUT2D eigenvalue weighted by molar-refractivity contribution is 0.217. The lowest BCUT2D eigenvalue weighted by Gasteiger charge is -2.25. The summed E-state index contributed by atoms with van der Waals surface area (Å²) in [7, 11) is 0. The zero-order chi connectivity index (χ0) is 14.8. The van der Waals surface area contributed by atoms with E-state index in [1.54, 1.807) is 6.20 Å². The Hall–Kier alpha value is -1.75. The maximum atomic E-state index is 13.8. The van der Waals surface area contributed by atoms with E-state index in [-0.39, 0.29) is 5.56 Å². The molecule has 1 aromatic heterocycles. The molecule has 112 valence electrons. The zero-order valence-electron chi connectivity index (χ0n) is 12.1. The van der Waals surface area contributed by atoms with E-state index in [9.17, 15) is 8.78 Å². The first-order chi connectivity index (χ1) is 10.1. The van der Waals surface area contributed by atoms with Crippen molar-refractivity contribution in [3.05, 3.63) is 53.6 Å². The first-order valence-corrected chi connectivity index (χ1v) is 7.30. The van der Waals surface area contributed by atoms with Gasteiger partial charge in [-0.1, -0.05) is 6.07 Å². The van der Waals surface area contributed by atoms with E-state index >= 15 is 0 Å². The van der Waals surface area contributed by atoms with E-state index in [0.717, 1.165) is 31.8 Å². The molecule has 1 fully saturated rings. The second kappa shape index (κ2) is 5.93. The number of hydrogen-bond donors (Lipinski definition) is 0. The lowest BCUT2D eigenvalue weighted by Crippen LogP contribution is -2.33. The van der Waals surface area contributed by atoms with Crippen molar-refractivity contribution >= 4 is 0 Å². The molecule has 0 spiro atoms. The summed E-state index contributed by atoms with van der Waals surface area (Å²) in [6, 6.07) is 4.36. The van der Waals surface area contributed by atoms with Gasteiger partial charge in [0.15, 0.2) is 0 Å². The standard InChI is InChI=1S/C16H19F2N3/c1-12-19-7-9-20(12)10-13-4-3-8-21(13)11-14-15(17)5-2-6-16(14)18/h2,5-7,9,13H,3-4,8,10-11H2,1H3. The third-order valence-corrected chi connectivity index (χ3v) is 4.25. The summed E-state index contributed by atoms with van der Waals surface area (Å²) in [6.45, 7) is 4.00. The van der Waals surface area contributed by atoms with Gasteiger partial charge in [0.1, 0.15) is 17.5 Å². The van der Waals surface area contributed by atoms with E-state index in [2.05, 4.69) is 14.5 Å². The maximum Gasteiger partial charge on any atom is 0.130 e. The van der Waals surface area contributed by atoms with Crippen LogP contribution in [0.4, 0.5) is 8.78 Å². The van der Waals surface area contributed by atoms with Gasteiger partial charge in [0.2, 0.25) is 0 Å². The fourth-order valence-electron chi connectivity index (χ4n) is 3.02. The summed E-state index contributed by atoms with van der Waals surface area (Å²) < 4.78 is 29.7. The Labute approximate surface area is 123 Å². The third-order valence-electron chi connectivity index (χ3n) is 4.25. The molecule has 1 aliphatic rings. The van der Waals surface area contributed by atoms with Crippen molar-refractivity contribution in [2.24, 2.45) is 0 Å². The molecule has 2 heterocycles. The SMILES string of the molecule is Cc1nccn1CC1CCCN1Cc1c(F)cccc1F. The van der Waals surface area contributed by atoms with Crippen LogP contribution in [0.2, 0.25) is 0 Å². The van der Waals surface area contributed by atoms with Crippen LogP contribution in [0.15, 0.2) is 30.6 Å². The molecule has 0 radical (unpaired) electrons. The first-order valence-electron chi connectivity index (χ1n) is 7.30. The zero-order valence-corrected chi connectivity index (χ0v) is 12.1. The van der Waals surface area contributed by atoms with Gasteiger partial charge in [-0.05, 0) is 38.4 Å². The highest BCUT2D eigenvalue weighted by molar-refractivity contribution is 5.19. The second-order valence-electron chi connectivity index (χ2n) is 5.59. The summed E-state index contributed by atoms with van der Waals surface area (Å²) >= 11 is 0. The Morgan fingerprint density at radius 2 is 2.05 bits per heavy atom. The normalized spacial score (nSPS) is 19.3. The van der Waals surface area contributed by atoms with E-state index in [0.29, 0.717) is 12.6 Å². The monoisotopic (exact) mass is 291 g/mol. The van der Waals surface area contributed by atoms with Crippen molar-refractivity contribution < 1.29 is 8.78 Å². The minimum absolute atomic E-state index is 0.173. The quantitative estimate of drug-likeness (QED) is 0.863. The molecule has 0 amide bonds. The van der Waals surface area contributed by atoms with E-state index in [1.807, 2.05) is 13.1 Å². The Bertz CT molecular complexity index is 603. The molecule has 1 saturated heterocycles.